The van der Waals surface area contributed by atoms with E-state index in [4.69, 9.17) is 16.9 Å². The van der Waals surface area contributed by atoms with Crippen molar-refractivity contribution in [1.82, 2.24) is 0 Å². The molecule has 1 saturated heterocycles. The fourth-order valence-corrected chi connectivity index (χ4v) is 2.87. The molecule has 2 aromatic carbocycles. The van der Waals surface area contributed by atoms with Crippen molar-refractivity contribution in [3.63, 3.8) is 0 Å². The molecule has 1 heterocycles. The number of carbonyl (C=O) groups is 1. The summed E-state index contributed by atoms with van der Waals surface area (Å²) in [6, 6.07) is 15.8. The largest absolute Gasteiger partial charge is 0.383 e. The van der Waals surface area contributed by atoms with E-state index < -0.39 is 6.10 Å². The minimum absolute atomic E-state index is 0.294. The number of amides is 1. The van der Waals surface area contributed by atoms with Crippen LogP contribution in [0.15, 0.2) is 48.5 Å². The molecule has 1 aliphatic rings. The number of aliphatic hydroxyl groups excluding tert-OH is 1. The fourth-order valence-electron chi connectivity index (χ4n) is 2.74. The summed E-state index contributed by atoms with van der Waals surface area (Å²) in [5, 5.41) is 19.6. The molecule has 0 bridgehead atoms. The van der Waals surface area contributed by atoms with Crippen LogP contribution in [-0.4, -0.2) is 17.1 Å². The average molecular weight is 313 g/mol. The Labute approximate surface area is 133 Å². The summed E-state index contributed by atoms with van der Waals surface area (Å²) in [5.74, 6) is -0.338. The van der Waals surface area contributed by atoms with Crippen LogP contribution in [0.4, 0.5) is 5.69 Å². The van der Waals surface area contributed by atoms with Crippen LogP contribution in [0.2, 0.25) is 5.02 Å². The van der Waals surface area contributed by atoms with Gasteiger partial charge in [-0.05, 0) is 42.0 Å². The number of nitriles is 1. The van der Waals surface area contributed by atoms with Crippen LogP contribution in [0.25, 0.3) is 0 Å². The van der Waals surface area contributed by atoms with Gasteiger partial charge in [-0.3, -0.25) is 4.79 Å². The molecule has 1 fully saturated rings. The number of nitrogens with zero attached hydrogens (tertiary/aromatic N) is 2. The lowest BCUT2D eigenvalue weighted by Gasteiger charge is -2.25. The molecule has 1 N–H and O–H groups in total. The van der Waals surface area contributed by atoms with Gasteiger partial charge in [-0.2, -0.15) is 5.26 Å². The molecule has 0 spiro atoms. The summed E-state index contributed by atoms with van der Waals surface area (Å²) in [6.07, 6.45) is -0.734. The van der Waals surface area contributed by atoms with Crippen molar-refractivity contribution in [1.29, 1.82) is 5.26 Å². The second-order valence-corrected chi connectivity index (χ2v) is 5.63. The van der Waals surface area contributed by atoms with E-state index >= 15 is 0 Å². The van der Waals surface area contributed by atoms with Gasteiger partial charge in [0.15, 0.2) is 0 Å². The molecule has 3 rings (SSSR count). The summed E-state index contributed by atoms with van der Waals surface area (Å²) in [6.45, 7) is 0. The van der Waals surface area contributed by atoms with Crippen LogP contribution >= 0.6 is 11.6 Å². The van der Waals surface area contributed by atoms with Gasteiger partial charge < -0.3 is 10.0 Å². The van der Waals surface area contributed by atoms with E-state index in [2.05, 4.69) is 6.07 Å². The van der Waals surface area contributed by atoms with Crippen molar-refractivity contribution < 1.29 is 9.90 Å². The molecule has 0 unspecified atom stereocenters. The summed E-state index contributed by atoms with van der Waals surface area (Å²) < 4.78 is 0. The maximum atomic E-state index is 12.3. The summed E-state index contributed by atoms with van der Waals surface area (Å²) in [4.78, 5) is 13.9. The molecule has 4 nitrogen and oxygen atoms in total. The lowest BCUT2D eigenvalue weighted by Crippen LogP contribution is -2.30. The maximum absolute atomic E-state index is 12.3. The van der Waals surface area contributed by atoms with Crippen LogP contribution in [0, 0.1) is 11.3 Å². The van der Waals surface area contributed by atoms with Gasteiger partial charge in [0.2, 0.25) is 0 Å². The van der Waals surface area contributed by atoms with E-state index in [-0.39, 0.29) is 11.9 Å². The van der Waals surface area contributed by atoms with Gasteiger partial charge in [0.1, 0.15) is 6.10 Å². The molecule has 0 aliphatic carbocycles. The lowest BCUT2D eigenvalue weighted by molar-refractivity contribution is -0.124. The third-order valence-electron chi connectivity index (χ3n) is 3.79. The van der Waals surface area contributed by atoms with E-state index in [0.29, 0.717) is 22.7 Å². The molecule has 2 atom stereocenters. The first-order valence-corrected chi connectivity index (χ1v) is 7.24. The van der Waals surface area contributed by atoms with Crippen LogP contribution in [0.1, 0.15) is 23.6 Å². The van der Waals surface area contributed by atoms with Crippen molar-refractivity contribution in [2.24, 2.45) is 0 Å². The summed E-state index contributed by atoms with van der Waals surface area (Å²) >= 11 is 5.89. The Morgan fingerprint density at radius 3 is 2.64 bits per heavy atom. The first kappa shape index (κ1) is 14.6. The van der Waals surface area contributed by atoms with Crippen molar-refractivity contribution in [3.8, 4) is 6.07 Å². The molecular weight excluding hydrogens is 300 g/mol. The zero-order valence-electron chi connectivity index (χ0n) is 11.6. The van der Waals surface area contributed by atoms with E-state index in [1.165, 1.54) is 0 Å². The minimum atomic E-state index is -1.04. The Morgan fingerprint density at radius 1 is 1.23 bits per heavy atom. The second-order valence-electron chi connectivity index (χ2n) is 5.19. The predicted octanol–water partition coefficient (Wildman–Crippen LogP) is 3.05. The van der Waals surface area contributed by atoms with E-state index in [9.17, 15) is 9.90 Å². The van der Waals surface area contributed by atoms with Crippen LogP contribution in [0.5, 0.6) is 0 Å². The normalized spacial score (nSPS) is 21.0. The van der Waals surface area contributed by atoms with Gasteiger partial charge in [0.05, 0.1) is 17.7 Å². The summed E-state index contributed by atoms with van der Waals surface area (Å²) in [7, 11) is 0. The molecular formula is C17H13ClN2O2. The Hall–Kier alpha value is -2.35. The van der Waals surface area contributed by atoms with Crippen molar-refractivity contribution in [2.45, 2.75) is 18.6 Å². The van der Waals surface area contributed by atoms with Gasteiger partial charge in [-0.25, -0.2) is 0 Å². The van der Waals surface area contributed by atoms with Crippen molar-refractivity contribution in [3.05, 3.63) is 64.7 Å². The number of hydrogen-bond donors (Lipinski definition) is 1. The number of halogens is 1. The topological polar surface area (TPSA) is 64.3 Å². The minimum Gasteiger partial charge on any atom is -0.383 e. The number of anilines is 1. The number of benzene rings is 2. The SMILES string of the molecule is N#Cc1cccc([C@@H]2C[C@H](O)C(=O)N2c2ccc(Cl)cc2)c1. The fraction of sp³-hybridized carbons (Fsp3) is 0.176. The quantitative estimate of drug-likeness (QED) is 0.927. The molecule has 0 saturated carbocycles. The first-order chi connectivity index (χ1) is 10.6. The Bertz CT molecular complexity index is 752. The third kappa shape index (κ3) is 2.57. The molecule has 0 radical (unpaired) electrons. The second kappa shape index (κ2) is 5.80. The molecule has 0 aromatic heterocycles. The number of aliphatic hydroxyl groups is 1. The third-order valence-corrected chi connectivity index (χ3v) is 4.04. The van der Waals surface area contributed by atoms with Crippen molar-refractivity contribution in [2.75, 3.05) is 4.90 Å². The smallest absolute Gasteiger partial charge is 0.256 e. The Balaban J connectivity index is 2.03. The highest BCUT2D eigenvalue weighted by atomic mass is 35.5. The molecule has 2 aromatic rings. The Kier molecular flexibility index (Phi) is 3.84. The van der Waals surface area contributed by atoms with Crippen LogP contribution < -0.4 is 4.90 Å². The van der Waals surface area contributed by atoms with Gasteiger partial charge in [0.25, 0.3) is 5.91 Å². The first-order valence-electron chi connectivity index (χ1n) is 6.87. The molecule has 1 amide bonds. The summed E-state index contributed by atoms with van der Waals surface area (Å²) in [5.41, 5.74) is 2.04. The zero-order chi connectivity index (χ0) is 15.7. The maximum Gasteiger partial charge on any atom is 0.256 e. The highest BCUT2D eigenvalue weighted by molar-refractivity contribution is 6.30. The van der Waals surface area contributed by atoms with Crippen LogP contribution in [-0.2, 0) is 4.79 Å². The van der Waals surface area contributed by atoms with E-state index in [1.54, 1.807) is 47.4 Å². The van der Waals surface area contributed by atoms with Gasteiger partial charge in [-0.1, -0.05) is 23.7 Å². The van der Waals surface area contributed by atoms with Gasteiger partial charge in [0, 0.05) is 17.1 Å². The highest BCUT2D eigenvalue weighted by Crippen LogP contribution is 2.37. The molecule has 1 aliphatic heterocycles. The van der Waals surface area contributed by atoms with Gasteiger partial charge >= 0.3 is 0 Å². The van der Waals surface area contributed by atoms with Crippen molar-refractivity contribution >= 4 is 23.2 Å². The molecule has 110 valence electrons. The molecule has 5 heteroatoms. The molecule has 22 heavy (non-hydrogen) atoms. The van der Waals surface area contributed by atoms with Crippen LogP contribution in [0.3, 0.4) is 0 Å². The van der Waals surface area contributed by atoms with E-state index in [1.807, 2.05) is 6.07 Å². The predicted molar refractivity (Wildman–Crippen MR) is 83.5 cm³/mol. The standard InChI is InChI=1S/C17H13ClN2O2/c18-13-4-6-14(7-5-13)20-15(9-16(21)17(20)22)12-3-1-2-11(8-12)10-19/h1-8,15-16,21H,9H2/t15-,16-/m0/s1. The highest BCUT2D eigenvalue weighted by Gasteiger charge is 2.40. The average Bonchev–Trinajstić information content (AvgIpc) is 2.84. The monoisotopic (exact) mass is 312 g/mol. The van der Waals surface area contributed by atoms with Gasteiger partial charge in [-0.15, -0.1) is 0 Å². The zero-order valence-corrected chi connectivity index (χ0v) is 12.4. The lowest BCUT2D eigenvalue weighted by atomic mass is 10.0. The number of hydrogen-bond acceptors (Lipinski definition) is 3. The van der Waals surface area contributed by atoms with E-state index in [0.717, 1.165) is 5.56 Å². The number of rotatable bonds is 2. The number of carbonyl (C=O) groups excluding carboxylic acids is 1. The Morgan fingerprint density at radius 2 is 1.95 bits per heavy atom.